The Balaban J connectivity index is 1.75. The molecule has 13 heteroatoms. The number of nitrogens with one attached hydrogen (secondary N) is 1. The fourth-order valence-electron chi connectivity index (χ4n) is 4.10. The average Bonchev–Trinajstić information content (AvgIpc) is 2.88. The van der Waals surface area contributed by atoms with Crippen molar-refractivity contribution in [3.63, 3.8) is 0 Å². The number of rotatable bonds is 7. The lowest BCUT2D eigenvalue weighted by molar-refractivity contribution is -0.138. The van der Waals surface area contributed by atoms with E-state index in [4.69, 9.17) is 4.74 Å². The third-order valence-corrected chi connectivity index (χ3v) is 7.96. The molecule has 0 aromatic heterocycles. The third kappa shape index (κ3) is 6.20. The van der Waals surface area contributed by atoms with Crippen molar-refractivity contribution in [3.8, 4) is 16.9 Å². The molecule has 1 atom stereocenters. The fraction of sp³-hybridized carbons (Fsp3) is 0.296. The number of hydrogen-bond donors (Lipinski definition) is 2. The van der Waals surface area contributed by atoms with Crippen LogP contribution in [0.15, 0.2) is 65.6 Å². The highest BCUT2D eigenvalue weighted by molar-refractivity contribution is 7.92. The molecule has 7 nitrogen and oxygen atoms in total. The van der Waals surface area contributed by atoms with Crippen molar-refractivity contribution >= 4 is 21.6 Å². The van der Waals surface area contributed by atoms with Crippen LogP contribution in [0.2, 0.25) is 0 Å². The van der Waals surface area contributed by atoms with E-state index in [-0.39, 0.29) is 42.1 Å². The highest BCUT2D eigenvalue weighted by Crippen LogP contribution is 2.41. The van der Waals surface area contributed by atoms with Gasteiger partial charge < -0.3 is 15.2 Å². The van der Waals surface area contributed by atoms with E-state index in [1.165, 1.54) is 32.0 Å². The van der Waals surface area contributed by atoms with E-state index in [1.54, 1.807) is 0 Å². The zero-order chi connectivity index (χ0) is 29.5. The molecule has 0 radical (unpaired) electrons. The highest BCUT2D eigenvalue weighted by Gasteiger charge is 2.37. The minimum Gasteiger partial charge on any atom is -0.486 e. The van der Waals surface area contributed by atoms with E-state index in [2.05, 4.69) is 5.32 Å². The molecule has 214 valence electrons. The number of ether oxygens (including phenoxy) is 1. The Bertz CT molecular complexity index is 1540. The number of fused-ring (bicyclic) bond motifs is 1. The number of aliphatic hydroxyl groups is 1. The summed E-state index contributed by atoms with van der Waals surface area (Å²) in [6.07, 6.45) is -5.57. The van der Waals surface area contributed by atoms with Gasteiger partial charge in [-0.05, 0) is 67.9 Å². The number of nitrogens with zero attached hydrogens (tertiary/aromatic N) is 1. The van der Waals surface area contributed by atoms with Crippen molar-refractivity contribution in [1.82, 2.24) is 5.32 Å². The Morgan fingerprint density at radius 3 is 2.48 bits per heavy atom. The maximum atomic E-state index is 14.5. The largest absolute Gasteiger partial charge is 0.486 e. The predicted octanol–water partition coefficient (Wildman–Crippen LogP) is 4.88. The topological polar surface area (TPSA) is 95.9 Å². The first-order valence-electron chi connectivity index (χ1n) is 12.0. The van der Waals surface area contributed by atoms with E-state index >= 15 is 0 Å². The Labute approximate surface area is 227 Å². The highest BCUT2D eigenvalue weighted by atomic mass is 32.2. The number of halogens is 5. The van der Waals surface area contributed by atoms with E-state index in [0.717, 1.165) is 40.7 Å². The SMILES string of the molecule is CC(C)(O)C(=O)NCC[C@H]1CN(S(=O)(=O)c2cccc(C(F)(F)F)c2)c2cc(-c3cc(F)ccc3F)ccc2O1. The standard InChI is InChI=1S/C27H25F5N2O5S/c1-26(2,36)25(35)33-11-10-19-15-34(40(37,38)20-5-3-4-17(13-20)27(30,31)32)23-12-16(6-9-24(23)39-19)21-14-18(28)7-8-22(21)29/h3-9,12-14,19,36H,10-11,15H2,1-2H3,(H,33,35)/t19-/m0/s1. The average molecular weight is 585 g/mol. The summed E-state index contributed by atoms with van der Waals surface area (Å²) in [5.41, 5.74) is -2.95. The molecule has 3 aromatic carbocycles. The van der Waals surface area contributed by atoms with Gasteiger partial charge in [-0.2, -0.15) is 13.2 Å². The van der Waals surface area contributed by atoms with Crippen LogP contribution in [-0.4, -0.2) is 44.2 Å². The summed E-state index contributed by atoms with van der Waals surface area (Å²) in [6.45, 7) is 2.21. The molecule has 1 amide bonds. The Hall–Kier alpha value is -3.71. The van der Waals surface area contributed by atoms with E-state index in [1.807, 2.05) is 0 Å². The van der Waals surface area contributed by atoms with Gasteiger partial charge in [0.15, 0.2) is 0 Å². The lowest BCUT2D eigenvalue weighted by Crippen LogP contribution is -2.46. The molecular formula is C27H25F5N2O5S. The number of sulfonamides is 1. The lowest BCUT2D eigenvalue weighted by atomic mass is 10.0. The van der Waals surface area contributed by atoms with Crippen molar-refractivity contribution in [2.45, 2.75) is 43.0 Å². The summed E-state index contributed by atoms with van der Waals surface area (Å²) in [5, 5.41) is 12.3. The summed E-state index contributed by atoms with van der Waals surface area (Å²) in [4.78, 5) is 11.4. The number of alkyl halides is 3. The van der Waals surface area contributed by atoms with E-state index in [9.17, 15) is 40.3 Å². The van der Waals surface area contributed by atoms with Crippen molar-refractivity contribution in [3.05, 3.63) is 77.9 Å². The molecule has 40 heavy (non-hydrogen) atoms. The van der Waals surface area contributed by atoms with Crippen molar-refractivity contribution < 1.29 is 45.0 Å². The number of amides is 1. The zero-order valence-corrected chi connectivity index (χ0v) is 22.1. The molecular weight excluding hydrogens is 559 g/mol. The van der Waals surface area contributed by atoms with Crippen LogP contribution in [0.25, 0.3) is 11.1 Å². The summed E-state index contributed by atoms with van der Waals surface area (Å²) >= 11 is 0. The van der Waals surface area contributed by atoms with Gasteiger partial charge in [-0.1, -0.05) is 12.1 Å². The van der Waals surface area contributed by atoms with E-state index < -0.39 is 55.9 Å². The second-order valence-electron chi connectivity index (χ2n) is 9.71. The molecule has 0 aliphatic carbocycles. The first-order valence-corrected chi connectivity index (χ1v) is 13.5. The minimum atomic E-state index is -4.79. The van der Waals surface area contributed by atoms with Crippen LogP contribution in [0, 0.1) is 11.6 Å². The van der Waals surface area contributed by atoms with Crippen LogP contribution >= 0.6 is 0 Å². The molecule has 0 spiro atoms. The van der Waals surface area contributed by atoms with E-state index in [0.29, 0.717) is 6.07 Å². The number of carbonyl (C=O) groups is 1. The smallest absolute Gasteiger partial charge is 0.416 e. The number of hydrogen-bond acceptors (Lipinski definition) is 5. The molecule has 2 N–H and O–H groups in total. The molecule has 0 saturated carbocycles. The second kappa shape index (κ2) is 10.7. The maximum Gasteiger partial charge on any atom is 0.416 e. The van der Waals surface area contributed by atoms with Gasteiger partial charge >= 0.3 is 6.18 Å². The quantitative estimate of drug-likeness (QED) is 0.386. The van der Waals surface area contributed by atoms with Crippen LogP contribution < -0.4 is 14.4 Å². The minimum absolute atomic E-state index is 0.00709. The summed E-state index contributed by atoms with van der Waals surface area (Å²) in [6, 6.07) is 10.0. The molecule has 0 saturated heterocycles. The number of benzene rings is 3. The van der Waals surface area contributed by atoms with Crippen molar-refractivity contribution in [2.24, 2.45) is 0 Å². The summed E-state index contributed by atoms with van der Waals surface area (Å²) in [5.74, 6) is -2.14. The van der Waals surface area contributed by atoms with Crippen molar-refractivity contribution in [2.75, 3.05) is 17.4 Å². The van der Waals surface area contributed by atoms with Gasteiger partial charge in [0.25, 0.3) is 15.9 Å². The first kappa shape index (κ1) is 29.3. The van der Waals surface area contributed by atoms with Gasteiger partial charge in [-0.3, -0.25) is 9.10 Å². The van der Waals surface area contributed by atoms with Gasteiger partial charge in [-0.15, -0.1) is 0 Å². The summed E-state index contributed by atoms with van der Waals surface area (Å²) in [7, 11) is -4.61. The normalized spacial score (nSPS) is 15.8. The number of carbonyl (C=O) groups excluding carboxylic acids is 1. The molecule has 1 aliphatic rings. The van der Waals surface area contributed by atoms with Crippen molar-refractivity contribution in [1.29, 1.82) is 0 Å². The van der Waals surface area contributed by atoms with Gasteiger partial charge in [0.2, 0.25) is 0 Å². The Morgan fingerprint density at radius 2 is 1.80 bits per heavy atom. The molecule has 0 unspecified atom stereocenters. The van der Waals surface area contributed by atoms with Crippen LogP contribution in [0.3, 0.4) is 0 Å². The predicted molar refractivity (Wildman–Crippen MR) is 136 cm³/mol. The van der Waals surface area contributed by atoms with Gasteiger partial charge in [0.05, 0.1) is 22.7 Å². The molecule has 0 fully saturated rings. The lowest BCUT2D eigenvalue weighted by Gasteiger charge is -2.36. The van der Waals surface area contributed by atoms with Gasteiger partial charge in [-0.25, -0.2) is 17.2 Å². The Morgan fingerprint density at radius 1 is 1.07 bits per heavy atom. The summed E-state index contributed by atoms with van der Waals surface area (Å²) < 4.78 is 103. The van der Waals surface area contributed by atoms with Crippen LogP contribution in [0.4, 0.5) is 27.6 Å². The van der Waals surface area contributed by atoms with Crippen LogP contribution in [0.5, 0.6) is 5.75 Å². The molecule has 1 aliphatic heterocycles. The van der Waals surface area contributed by atoms with Crippen LogP contribution in [0.1, 0.15) is 25.8 Å². The zero-order valence-electron chi connectivity index (χ0n) is 21.3. The molecule has 4 rings (SSSR count). The maximum absolute atomic E-state index is 14.5. The van der Waals surface area contributed by atoms with Gasteiger partial charge in [0, 0.05) is 18.5 Å². The number of anilines is 1. The third-order valence-electron chi connectivity index (χ3n) is 6.19. The monoisotopic (exact) mass is 584 g/mol. The fourth-order valence-corrected chi connectivity index (χ4v) is 5.64. The second-order valence-corrected chi connectivity index (χ2v) is 11.6. The Kier molecular flexibility index (Phi) is 7.83. The molecule has 0 bridgehead atoms. The molecule has 3 aromatic rings. The van der Waals surface area contributed by atoms with Gasteiger partial charge in [0.1, 0.15) is 29.1 Å². The molecule has 1 heterocycles. The van der Waals surface area contributed by atoms with Crippen LogP contribution in [-0.2, 0) is 21.0 Å². The first-order chi connectivity index (χ1) is 18.6.